The van der Waals surface area contributed by atoms with Crippen molar-refractivity contribution in [3.05, 3.63) is 35.4 Å². The summed E-state index contributed by atoms with van der Waals surface area (Å²) in [5, 5.41) is -5.06. The molecule has 4 aliphatic carbocycles. The third kappa shape index (κ3) is 2.97. The van der Waals surface area contributed by atoms with Crippen molar-refractivity contribution in [1.29, 1.82) is 0 Å². The Morgan fingerprint density at radius 2 is 1.70 bits per heavy atom. The van der Waals surface area contributed by atoms with Crippen LogP contribution < -0.4 is 0 Å². The molecule has 0 saturated heterocycles. The molecule has 1 aromatic carbocycles. The highest BCUT2D eigenvalue weighted by Gasteiger charge is 2.62. The lowest BCUT2D eigenvalue weighted by atomic mass is 9.46. The Bertz CT molecular complexity index is 864. The Kier molecular flexibility index (Phi) is 3.99. The van der Waals surface area contributed by atoms with Crippen LogP contribution in [-0.2, 0) is 25.1 Å². The predicted octanol–water partition coefficient (Wildman–Crippen LogP) is 3.27. The summed E-state index contributed by atoms with van der Waals surface area (Å²) in [6.07, 6.45) is 4.04. The first-order valence-corrected chi connectivity index (χ1v) is 10.5. The van der Waals surface area contributed by atoms with Gasteiger partial charge in [0, 0.05) is 0 Å². The molecule has 5 rings (SSSR count). The SMILES string of the molecule is Cc1ccc(C23CC4CC(CC(OC(=O)C(F)(F)S(=O)(=O)[O-])(C4)C2)C3)cc1. The number of hydrogen-bond acceptors (Lipinski definition) is 5. The van der Waals surface area contributed by atoms with Gasteiger partial charge in [0.05, 0.1) is 0 Å². The molecule has 2 unspecified atom stereocenters. The maximum Gasteiger partial charge on any atom is 0.428 e. The molecule has 0 aromatic heterocycles. The predicted molar refractivity (Wildman–Crippen MR) is 91.0 cm³/mol. The zero-order chi connectivity index (χ0) is 19.7. The standard InChI is InChI=1S/C19H22F2O5S/c1-12-2-4-15(5-3-12)17-7-13-6-14(8-17)10-18(9-13,11-17)26-16(22)19(20,21)27(23,24)25/h2-5,13-14H,6-11H2,1H3,(H,23,24,25)/p-1. The fourth-order valence-electron chi connectivity index (χ4n) is 5.90. The minimum atomic E-state index is -6.12. The lowest BCUT2D eigenvalue weighted by Crippen LogP contribution is -2.60. The molecule has 148 valence electrons. The summed E-state index contributed by atoms with van der Waals surface area (Å²) >= 11 is 0. The fourth-order valence-corrected chi connectivity index (χ4v) is 6.15. The van der Waals surface area contributed by atoms with Crippen LogP contribution in [0.2, 0.25) is 0 Å². The van der Waals surface area contributed by atoms with E-state index >= 15 is 0 Å². The minimum absolute atomic E-state index is 0.234. The van der Waals surface area contributed by atoms with Gasteiger partial charge < -0.3 is 9.29 Å². The molecule has 5 nitrogen and oxygen atoms in total. The van der Waals surface area contributed by atoms with Gasteiger partial charge in [-0.2, -0.15) is 8.78 Å². The van der Waals surface area contributed by atoms with Crippen molar-refractivity contribution in [2.24, 2.45) is 11.8 Å². The number of aryl methyl sites for hydroxylation is 1. The summed E-state index contributed by atoms with van der Waals surface area (Å²) in [6.45, 7) is 1.98. The van der Waals surface area contributed by atoms with E-state index in [1.807, 2.05) is 31.2 Å². The van der Waals surface area contributed by atoms with Gasteiger partial charge in [-0.1, -0.05) is 29.8 Å². The number of hydrogen-bond donors (Lipinski definition) is 0. The molecule has 0 aliphatic heterocycles. The summed E-state index contributed by atoms with van der Waals surface area (Å²) in [4.78, 5) is 11.9. The Morgan fingerprint density at radius 3 is 2.22 bits per heavy atom. The summed E-state index contributed by atoms with van der Waals surface area (Å²) in [5.74, 6) is -1.77. The van der Waals surface area contributed by atoms with Gasteiger partial charge in [0.1, 0.15) is 5.60 Å². The number of alkyl halides is 2. The maximum absolute atomic E-state index is 13.7. The van der Waals surface area contributed by atoms with E-state index in [4.69, 9.17) is 4.74 Å². The highest BCUT2D eigenvalue weighted by Crippen LogP contribution is 2.63. The van der Waals surface area contributed by atoms with Crippen molar-refractivity contribution in [1.82, 2.24) is 0 Å². The van der Waals surface area contributed by atoms with E-state index in [1.165, 1.54) is 0 Å². The summed E-state index contributed by atoms with van der Waals surface area (Å²) in [6, 6.07) is 8.08. The molecule has 0 N–H and O–H groups in total. The highest BCUT2D eigenvalue weighted by molar-refractivity contribution is 7.87. The first-order valence-electron chi connectivity index (χ1n) is 9.09. The molecule has 4 bridgehead atoms. The zero-order valence-corrected chi connectivity index (χ0v) is 15.7. The summed E-state index contributed by atoms with van der Waals surface area (Å²) in [7, 11) is -6.12. The molecule has 4 fully saturated rings. The van der Waals surface area contributed by atoms with Crippen molar-refractivity contribution < 1.29 is 31.3 Å². The normalized spacial score (nSPS) is 35.3. The number of ether oxygens (including phenoxy) is 1. The molecular formula is C19H21F2O5S-. The van der Waals surface area contributed by atoms with Crippen LogP contribution in [-0.4, -0.2) is 29.8 Å². The molecule has 1 aromatic rings. The second kappa shape index (κ2) is 5.73. The lowest BCUT2D eigenvalue weighted by molar-refractivity contribution is -0.205. The number of carbonyl (C=O) groups excluding carboxylic acids is 1. The van der Waals surface area contributed by atoms with Crippen LogP contribution in [0.25, 0.3) is 0 Å². The molecule has 0 spiro atoms. The van der Waals surface area contributed by atoms with Gasteiger partial charge in [-0.15, -0.1) is 0 Å². The smallest absolute Gasteiger partial charge is 0.428 e. The maximum atomic E-state index is 13.7. The van der Waals surface area contributed by atoms with E-state index in [-0.39, 0.29) is 17.3 Å². The number of halogens is 2. The molecule has 8 heteroatoms. The van der Waals surface area contributed by atoms with E-state index in [9.17, 15) is 26.5 Å². The Balaban J connectivity index is 1.66. The fraction of sp³-hybridized carbons (Fsp3) is 0.632. The van der Waals surface area contributed by atoms with Crippen LogP contribution in [0.4, 0.5) is 8.78 Å². The van der Waals surface area contributed by atoms with Gasteiger partial charge in [-0.25, -0.2) is 13.2 Å². The Hall–Kier alpha value is -1.54. The van der Waals surface area contributed by atoms with Gasteiger partial charge in [0.2, 0.25) is 0 Å². The van der Waals surface area contributed by atoms with E-state index in [2.05, 4.69) is 0 Å². The molecule has 0 heterocycles. The minimum Gasteiger partial charge on any atom is -0.743 e. The van der Waals surface area contributed by atoms with Gasteiger partial charge in [0.25, 0.3) is 0 Å². The van der Waals surface area contributed by atoms with Crippen LogP contribution in [0.5, 0.6) is 0 Å². The summed E-state index contributed by atoms with van der Waals surface area (Å²) < 4.78 is 64.9. The van der Waals surface area contributed by atoms with Crippen LogP contribution in [0.15, 0.2) is 24.3 Å². The first kappa shape index (κ1) is 18.8. The van der Waals surface area contributed by atoms with Crippen LogP contribution in [0.1, 0.15) is 49.7 Å². The molecule has 2 atom stereocenters. The van der Waals surface area contributed by atoms with E-state index in [0.717, 1.165) is 30.4 Å². The number of esters is 1. The van der Waals surface area contributed by atoms with Gasteiger partial charge in [-0.3, -0.25) is 0 Å². The second-order valence-corrected chi connectivity index (χ2v) is 10.1. The topological polar surface area (TPSA) is 83.5 Å². The first-order chi connectivity index (χ1) is 12.4. The van der Waals surface area contributed by atoms with Crippen molar-refractivity contribution in [3.63, 3.8) is 0 Å². The summed E-state index contributed by atoms with van der Waals surface area (Å²) in [5.41, 5.74) is 0.833. The zero-order valence-electron chi connectivity index (χ0n) is 14.9. The Morgan fingerprint density at radius 1 is 1.15 bits per heavy atom. The van der Waals surface area contributed by atoms with Gasteiger partial charge in [0.15, 0.2) is 10.1 Å². The average Bonchev–Trinajstić information content (AvgIpc) is 2.52. The Labute approximate surface area is 156 Å². The van der Waals surface area contributed by atoms with Crippen molar-refractivity contribution >= 4 is 16.1 Å². The quantitative estimate of drug-likeness (QED) is 0.573. The second-order valence-electron chi connectivity index (χ2n) is 8.65. The molecule has 4 saturated carbocycles. The molecule has 0 amide bonds. The van der Waals surface area contributed by atoms with Crippen LogP contribution in [0, 0.1) is 18.8 Å². The number of benzene rings is 1. The third-order valence-electron chi connectivity index (χ3n) is 6.53. The van der Waals surface area contributed by atoms with Gasteiger partial charge >= 0.3 is 11.2 Å². The highest BCUT2D eigenvalue weighted by atomic mass is 32.2. The lowest BCUT2D eigenvalue weighted by Gasteiger charge is -2.61. The van der Waals surface area contributed by atoms with E-state index in [0.29, 0.717) is 19.3 Å². The molecule has 27 heavy (non-hydrogen) atoms. The molecule has 0 radical (unpaired) electrons. The van der Waals surface area contributed by atoms with E-state index < -0.39 is 26.9 Å². The monoisotopic (exact) mass is 399 g/mol. The van der Waals surface area contributed by atoms with Crippen LogP contribution >= 0.6 is 0 Å². The van der Waals surface area contributed by atoms with Crippen molar-refractivity contribution in [2.45, 2.75) is 61.7 Å². The van der Waals surface area contributed by atoms with E-state index in [1.54, 1.807) is 0 Å². The van der Waals surface area contributed by atoms with Crippen LogP contribution in [0.3, 0.4) is 0 Å². The molecule has 4 aliphatic rings. The van der Waals surface area contributed by atoms with Crippen molar-refractivity contribution in [2.75, 3.05) is 0 Å². The number of rotatable bonds is 4. The molecular weight excluding hydrogens is 378 g/mol. The third-order valence-corrected chi connectivity index (χ3v) is 7.33. The largest absolute Gasteiger partial charge is 0.743 e. The van der Waals surface area contributed by atoms with Gasteiger partial charge in [-0.05, 0) is 68.3 Å². The van der Waals surface area contributed by atoms with Crippen molar-refractivity contribution in [3.8, 4) is 0 Å². The number of carbonyl (C=O) groups is 1. The average molecular weight is 399 g/mol.